The van der Waals surface area contributed by atoms with E-state index in [0.717, 1.165) is 0 Å². The molecule has 2 rings (SSSR count). The molecule has 2 aromatic carbocycles. The average Bonchev–Trinajstić information content (AvgIpc) is 2.23. The van der Waals surface area contributed by atoms with Gasteiger partial charge in [0.1, 0.15) is 0 Å². The molecule has 78 valence electrons. The molecule has 0 nitrogen and oxygen atoms in total. The van der Waals surface area contributed by atoms with Gasteiger partial charge in [-0.3, -0.25) is 0 Å². The van der Waals surface area contributed by atoms with Crippen molar-refractivity contribution in [2.45, 2.75) is 6.92 Å². The summed E-state index contributed by atoms with van der Waals surface area (Å²) in [5.74, 6) is -6.26. The van der Waals surface area contributed by atoms with E-state index in [-0.39, 0.29) is 10.8 Å². The molecule has 0 aliphatic heterocycles. The van der Waals surface area contributed by atoms with Gasteiger partial charge in [0.05, 0.1) is 0 Å². The van der Waals surface area contributed by atoms with Crippen LogP contribution in [0.1, 0.15) is 5.56 Å². The largest absolute Gasteiger partial charge is 0.203 e. The Bertz CT molecular complexity index is 546. The summed E-state index contributed by atoms with van der Waals surface area (Å²) >= 11 is 0. The van der Waals surface area contributed by atoms with Crippen molar-refractivity contribution in [1.29, 1.82) is 0 Å². The topological polar surface area (TPSA) is 0 Å². The molecular formula is C11H6F4. The maximum atomic E-state index is 13.2. The number of hydrogen-bond donors (Lipinski definition) is 0. The molecule has 0 aliphatic rings. The van der Waals surface area contributed by atoms with Gasteiger partial charge in [-0.25, -0.2) is 17.6 Å². The van der Waals surface area contributed by atoms with Crippen molar-refractivity contribution in [3.8, 4) is 0 Å². The number of halogens is 4. The van der Waals surface area contributed by atoms with E-state index in [4.69, 9.17) is 0 Å². The van der Waals surface area contributed by atoms with Gasteiger partial charge < -0.3 is 0 Å². The molecule has 0 aromatic heterocycles. The van der Waals surface area contributed by atoms with Crippen LogP contribution in [0.3, 0.4) is 0 Å². The lowest BCUT2D eigenvalue weighted by molar-refractivity contribution is 0.418. The van der Waals surface area contributed by atoms with Crippen LogP contribution in [-0.2, 0) is 0 Å². The van der Waals surface area contributed by atoms with E-state index >= 15 is 0 Å². The van der Waals surface area contributed by atoms with Crippen LogP contribution in [0, 0.1) is 30.2 Å². The summed E-state index contributed by atoms with van der Waals surface area (Å²) in [6, 6.07) is 4.00. The van der Waals surface area contributed by atoms with Crippen molar-refractivity contribution in [2.24, 2.45) is 0 Å². The Labute approximate surface area is 83.1 Å². The van der Waals surface area contributed by atoms with E-state index < -0.39 is 23.3 Å². The SMILES string of the molecule is Cc1ccc2c(F)c(F)c(F)c(F)c2c1. The summed E-state index contributed by atoms with van der Waals surface area (Å²) in [5, 5.41) is -0.497. The number of hydrogen-bond acceptors (Lipinski definition) is 0. The Morgan fingerprint density at radius 3 is 1.87 bits per heavy atom. The fourth-order valence-corrected chi connectivity index (χ4v) is 1.46. The third-order valence-electron chi connectivity index (χ3n) is 2.23. The van der Waals surface area contributed by atoms with Crippen molar-refractivity contribution in [3.63, 3.8) is 0 Å². The fourth-order valence-electron chi connectivity index (χ4n) is 1.46. The van der Waals surface area contributed by atoms with Gasteiger partial charge in [-0.2, -0.15) is 0 Å². The third-order valence-corrected chi connectivity index (χ3v) is 2.23. The van der Waals surface area contributed by atoms with Gasteiger partial charge in [-0.1, -0.05) is 17.7 Å². The van der Waals surface area contributed by atoms with Gasteiger partial charge in [0.2, 0.25) is 0 Å². The van der Waals surface area contributed by atoms with Crippen molar-refractivity contribution >= 4 is 10.8 Å². The van der Waals surface area contributed by atoms with Gasteiger partial charge in [-0.15, -0.1) is 0 Å². The minimum Gasteiger partial charge on any atom is -0.203 e. The molecule has 0 saturated carbocycles. The summed E-state index contributed by atoms with van der Waals surface area (Å²) in [7, 11) is 0. The van der Waals surface area contributed by atoms with Crippen molar-refractivity contribution in [2.75, 3.05) is 0 Å². The highest BCUT2D eigenvalue weighted by atomic mass is 19.2. The molecule has 0 fully saturated rings. The lowest BCUT2D eigenvalue weighted by Gasteiger charge is -2.05. The van der Waals surface area contributed by atoms with Crippen molar-refractivity contribution < 1.29 is 17.6 Å². The second-order valence-electron chi connectivity index (χ2n) is 3.30. The smallest absolute Gasteiger partial charge is 0.198 e. The molecule has 2 aromatic rings. The highest BCUT2D eigenvalue weighted by molar-refractivity contribution is 5.84. The third kappa shape index (κ3) is 1.37. The van der Waals surface area contributed by atoms with Crippen LogP contribution in [0.4, 0.5) is 17.6 Å². The molecule has 4 heteroatoms. The molecule has 0 aliphatic carbocycles. The molecule has 0 spiro atoms. The minimum atomic E-state index is -1.77. The Balaban J connectivity index is 3.00. The summed E-state index contributed by atoms with van der Waals surface area (Å²) in [6.45, 7) is 1.65. The van der Waals surface area contributed by atoms with Crippen LogP contribution in [0.15, 0.2) is 18.2 Å². The monoisotopic (exact) mass is 214 g/mol. The van der Waals surface area contributed by atoms with Crippen LogP contribution in [0.5, 0.6) is 0 Å². The first-order valence-electron chi connectivity index (χ1n) is 4.24. The molecule has 0 bridgehead atoms. The predicted octanol–water partition coefficient (Wildman–Crippen LogP) is 3.70. The first kappa shape index (κ1) is 9.96. The maximum Gasteiger partial charge on any atom is 0.198 e. The predicted molar refractivity (Wildman–Crippen MR) is 48.5 cm³/mol. The summed E-state index contributed by atoms with van der Waals surface area (Å²) < 4.78 is 52.1. The zero-order chi connectivity index (χ0) is 11.2. The molecule has 15 heavy (non-hydrogen) atoms. The van der Waals surface area contributed by atoms with E-state index in [0.29, 0.717) is 5.56 Å². The number of rotatable bonds is 0. The van der Waals surface area contributed by atoms with Gasteiger partial charge in [-0.05, 0) is 13.0 Å². The Hall–Kier alpha value is -1.58. The van der Waals surface area contributed by atoms with Crippen LogP contribution in [0.2, 0.25) is 0 Å². The second-order valence-corrected chi connectivity index (χ2v) is 3.30. The van der Waals surface area contributed by atoms with Crippen LogP contribution in [0.25, 0.3) is 10.8 Å². The summed E-state index contributed by atoms with van der Waals surface area (Å²) in [6.07, 6.45) is 0. The Morgan fingerprint density at radius 1 is 0.733 bits per heavy atom. The highest BCUT2D eigenvalue weighted by Gasteiger charge is 2.19. The number of aryl methyl sites for hydroxylation is 1. The molecule has 0 radical (unpaired) electrons. The molecule has 0 heterocycles. The van der Waals surface area contributed by atoms with E-state index in [9.17, 15) is 17.6 Å². The van der Waals surface area contributed by atoms with Gasteiger partial charge >= 0.3 is 0 Å². The zero-order valence-corrected chi connectivity index (χ0v) is 7.74. The molecule has 0 N–H and O–H groups in total. The first-order valence-corrected chi connectivity index (χ1v) is 4.24. The first-order chi connectivity index (χ1) is 7.02. The van der Waals surface area contributed by atoms with Crippen LogP contribution < -0.4 is 0 Å². The van der Waals surface area contributed by atoms with Crippen molar-refractivity contribution in [1.82, 2.24) is 0 Å². The Kier molecular flexibility index (Phi) is 2.14. The standard InChI is InChI=1S/C11H6F4/c1-5-2-3-6-7(4-5)9(13)11(15)10(14)8(6)12/h2-4H,1H3. The van der Waals surface area contributed by atoms with Gasteiger partial charge in [0.15, 0.2) is 23.3 Å². The normalized spacial score (nSPS) is 11.0. The van der Waals surface area contributed by atoms with Crippen LogP contribution >= 0.6 is 0 Å². The average molecular weight is 214 g/mol. The van der Waals surface area contributed by atoms with Gasteiger partial charge in [0.25, 0.3) is 0 Å². The lowest BCUT2D eigenvalue weighted by Crippen LogP contribution is -1.97. The fraction of sp³-hybridized carbons (Fsp3) is 0.0909. The molecule has 0 amide bonds. The number of fused-ring (bicyclic) bond motifs is 1. The lowest BCUT2D eigenvalue weighted by atomic mass is 10.1. The van der Waals surface area contributed by atoms with Crippen molar-refractivity contribution in [3.05, 3.63) is 47.0 Å². The molecule has 0 unspecified atom stereocenters. The molecular weight excluding hydrogens is 208 g/mol. The van der Waals surface area contributed by atoms with E-state index in [2.05, 4.69) is 0 Å². The quantitative estimate of drug-likeness (QED) is 0.356. The van der Waals surface area contributed by atoms with Gasteiger partial charge in [0, 0.05) is 10.8 Å². The molecule has 0 saturated heterocycles. The van der Waals surface area contributed by atoms with E-state index in [1.807, 2.05) is 0 Å². The summed E-state index contributed by atoms with van der Waals surface area (Å²) in [4.78, 5) is 0. The highest BCUT2D eigenvalue weighted by Crippen LogP contribution is 2.27. The van der Waals surface area contributed by atoms with E-state index in [1.54, 1.807) is 6.92 Å². The Morgan fingerprint density at radius 2 is 1.27 bits per heavy atom. The second kappa shape index (κ2) is 3.22. The summed E-state index contributed by atoms with van der Waals surface area (Å²) in [5.41, 5.74) is 0.645. The number of benzene rings is 2. The minimum absolute atomic E-state index is 0.244. The molecule has 0 atom stereocenters. The van der Waals surface area contributed by atoms with Crippen LogP contribution in [-0.4, -0.2) is 0 Å². The van der Waals surface area contributed by atoms with E-state index in [1.165, 1.54) is 18.2 Å². The zero-order valence-electron chi connectivity index (χ0n) is 7.74. The maximum absolute atomic E-state index is 13.2.